The SMILES string of the molecule is CCNC(C)C1CCCCN1C1CCOC2(CCSC2)C1. The maximum Gasteiger partial charge on any atom is 0.0795 e. The summed E-state index contributed by atoms with van der Waals surface area (Å²) < 4.78 is 6.23. The number of thioether (sulfide) groups is 1. The molecule has 0 radical (unpaired) electrons. The molecule has 0 amide bonds. The first-order valence-electron chi connectivity index (χ1n) is 8.95. The van der Waals surface area contributed by atoms with Crippen LogP contribution >= 0.6 is 11.8 Å². The van der Waals surface area contributed by atoms with E-state index in [9.17, 15) is 0 Å². The Kier molecular flexibility index (Phi) is 5.52. The molecule has 3 aliphatic rings. The van der Waals surface area contributed by atoms with Crippen molar-refractivity contribution in [2.75, 3.05) is 31.2 Å². The summed E-state index contributed by atoms with van der Waals surface area (Å²) in [5.74, 6) is 2.52. The predicted octanol–water partition coefficient (Wildman–Crippen LogP) is 2.89. The van der Waals surface area contributed by atoms with Crippen LogP contribution in [0.15, 0.2) is 0 Å². The molecule has 0 aromatic carbocycles. The van der Waals surface area contributed by atoms with E-state index in [1.165, 1.54) is 56.6 Å². The van der Waals surface area contributed by atoms with E-state index in [0.29, 0.717) is 6.04 Å². The summed E-state index contributed by atoms with van der Waals surface area (Å²) >= 11 is 2.09. The normalized spacial score (nSPS) is 39.7. The third-order valence-corrected chi connectivity index (χ3v) is 6.92. The molecule has 0 aromatic heterocycles. The highest BCUT2D eigenvalue weighted by Crippen LogP contribution is 2.40. The molecule has 21 heavy (non-hydrogen) atoms. The predicted molar refractivity (Wildman–Crippen MR) is 91.1 cm³/mol. The molecule has 4 unspecified atom stereocenters. The molecule has 1 spiro atoms. The van der Waals surface area contributed by atoms with Crippen LogP contribution in [0, 0.1) is 0 Å². The summed E-state index contributed by atoms with van der Waals surface area (Å²) in [7, 11) is 0. The van der Waals surface area contributed by atoms with Gasteiger partial charge in [-0.3, -0.25) is 4.90 Å². The molecule has 3 fully saturated rings. The van der Waals surface area contributed by atoms with Gasteiger partial charge in [0.2, 0.25) is 0 Å². The standard InChI is InChI=1S/C17H32N2OS/c1-3-18-14(2)16-6-4-5-9-19(16)15-7-10-20-17(12-15)8-11-21-13-17/h14-16,18H,3-13H2,1-2H3. The van der Waals surface area contributed by atoms with Crippen LogP contribution in [0.2, 0.25) is 0 Å². The number of nitrogens with one attached hydrogen (secondary N) is 1. The van der Waals surface area contributed by atoms with Gasteiger partial charge in [-0.15, -0.1) is 0 Å². The van der Waals surface area contributed by atoms with Gasteiger partial charge in [-0.05, 0) is 57.9 Å². The van der Waals surface area contributed by atoms with Gasteiger partial charge in [0.05, 0.1) is 5.60 Å². The van der Waals surface area contributed by atoms with Gasteiger partial charge in [0.25, 0.3) is 0 Å². The lowest BCUT2D eigenvalue weighted by Gasteiger charge is -2.48. The van der Waals surface area contributed by atoms with E-state index in [1.807, 2.05) is 0 Å². The Morgan fingerprint density at radius 1 is 1.38 bits per heavy atom. The minimum absolute atomic E-state index is 0.219. The fourth-order valence-electron chi connectivity index (χ4n) is 4.58. The van der Waals surface area contributed by atoms with Gasteiger partial charge in [0.15, 0.2) is 0 Å². The molecule has 0 aliphatic carbocycles. The van der Waals surface area contributed by atoms with Gasteiger partial charge in [-0.1, -0.05) is 13.3 Å². The fraction of sp³-hybridized carbons (Fsp3) is 1.00. The van der Waals surface area contributed by atoms with Crippen LogP contribution in [0.4, 0.5) is 0 Å². The van der Waals surface area contributed by atoms with Crippen molar-refractivity contribution in [1.29, 1.82) is 0 Å². The molecule has 3 heterocycles. The summed E-state index contributed by atoms with van der Waals surface area (Å²) in [4.78, 5) is 2.85. The molecular weight excluding hydrogens is 280 g/mol. The topological polar surface area (TPSA) is 24.5 Å². The van der Waals surface area contributed by atoms with Crippen LogP contribution in [0.5, 0.6) is 0 Å². The van der Waals surface area contributed by atoms with Crippen molar-refractivity contribution in [3.63, 3.8) is 0 Å². The second kappa shape index (κ2) is 7.20. The van der Waals surface area contributed by atoms with Gasteiger partial charge < -0.3 is 10.1 Å². The average Bonchev–Trinajstić information content (AvgIpc) is 2.95. The van der Waals surface area contributed by atoms with Crippen molar-refractivity contribution in [1.82, 2.24) is 10.2 Å². The molecule has 0 saturated carbocycles. The third-order valence-electron chi connectivity index (χ3n) is 5.70. The third kappa shape index (κ3) is 3.60. The van der Waals surface area contributed by atoms with E-state index in [1.54, 1.807) is 0 Å². The monoisotopic (exact) mass is 312 g/mol. The molecular formula is C17H32N2OS. The van der Waals surface area contributed by atoms with E-state index >= 15 is 0 Å². The Morgan fingerprint density at radius 3 is 3.05 bits per heavy atom. The lowest BCUT2D eigenvalue weighted by Crippen LogP contribution is -2.58. The summed E-state index contributed by atoms with van der Waals surface area (Å²) in [6, 6.07) is 2.10. The number of likely N-dealkylation sites (tertiary alicyclic amines) is 1. The van der Waals surface area contributed by atoms with Crippen LogP contribution in [0.25, 0.3) is 0 Å². The Balaban J connectivity index is 1.67. The summed E-state index contributed by atoms with van der Waals surface area (Å²) in [6.07, 6.45) is 7.94. The molecule has 0 aromatic rings. The Bertz CT molecular complexity index is 333. The number of ether oxygens (including phenoxy) is 1. The van der Waals surface area contributed by atoms with Gasteiger partial charge in [-0.2, -0.15) is 11.8 Å². The summed E-state index contributed by atoms with van der Waals surface area (Å²) in [5, 5.41) is 3.67. The highest BCUT2D eigenvalue weighted by Gasteiger charge is 2.43. The van der Waals surface area contributed by atoms with Crippen LogP contribution in [-0.4, -0.2) is 59.8 Å². The van der Waals surface area contributed by atoms with E-state index in [-0.39, 0.29) is 5.60 Å². The van der Waals surface area contributed by atoms with Gasteiger partial charge >= 0.3 is 0 Å². The maximum atomic E-state index is 6.23. The largest absolute Gasteiger partial charge is 0.374 e. The first-order valence-corrected chi connectivity index (χ1v) is 10.1. The van der Waals surface area contributed by atoms with Crippen molar-refractivity contribution >= 4 is 11.8 Å². The quantitative estimate of drug-likeness (QED) is 0.863. The number of likely N-dealkylation sites (N-methyl/N-ethyl adjacent to an activating group) is 1. The van der Waals surface area contributed by atoms with Crippen LogP contribution in [0.1, 0.15) is 52.4 Å². The number of nitrogens with zero attached hydrogens (tertiary/aromatic N) is 1. The van der Waals surface area contributed by atoms with Gasteiger partial charge in [0, 0.05) is 30.5 Å². The van der Waals surface area contributed by atoms with Crippen molar-refractivity contribution in [3.05, 3.63) is 0 Å². The lowest BCUT2D eigenvalue weighted by molar-refractivity contribution is -0.100. The highest BCUT2D eigenvalue weighted by molar-refractivity contribution is 7.99. The Hall–Kier alpha value is 0.230. The van der Waals surface area contributed by atoms with Crippen molar-refractivity contribution in [3.8, 4) is 0 Å². The van der Waals surface area contributed by atoms with Gasteiger partial charge in [0.1, 0.15) is 0 Å². The van der Waals surface area contributed by atoms with E-state index < -0.39 is 0 Å². The average molecular weight is 313 g/mol. The van der Waals surface area contributed by atoms with Crippen LogP contribution < -0.4 is 5.32 Å². The first-order chi connectivity index (χ1) is 10.2. The molecule has 3 saturated heterocycles. The second-order valence-electron chi connectivity index (χ2n) is 7.13. The minimum atomic E-state index is 0.219. The zero-order valence-electron chi connectivity index (χ0n) is 13.8. The Morgan fingerprint density at radius 2 is 2.29 bits per heavy atom. The summed E-state index contributed by atoms with van der Waals surface area (Å²) in [5.41, 5.74) is 0.219. The summed E-state index contributed by atoms with van der Waals surface area (Å²) in [6.45, 7) is 7.97. The molecule has 3 rings (SSSR count). The number of piperidine rings is 1. The lowest BCUT2D eigenvalue weighted by atomic mass is 9.85. The molecule has 122 valence electrons. The van der Waals surface area contributed by atoms with Gasteiger partial charge in [-0.25, -0.2) is 0 Å². The van der Waals surface area contributed by atoms with Crippen LogP contribution in [-0.2, 0) is 4.74 Å². The number of hydrogen-bond donors (Lipinski definition) is 1. The van der Waals surface area contributed by atoms with Crippen molar-refractivity contribution in [2.45, 2.75) is 76.1 Å². The smallest absolute Gasteiger partial charge is 0.0795 e. The molecule has 0 bridgehead atoms. The maximum absolute atomic E-state index is 6.23. The minimum Gasteiger partial charge on any atom is -0.374 e. The highest BCUT2D eigenvalue weighted by atomic mass is 32.2. The molecule has 3 aliphatic heterocycles. The van der Waals surface area contributed by atoms with Crippen molar-refractivity contribution in [2.24, 2.45) is 0 Å². The molecule has 1 N–H and O–H groups in total. The molecule has 4 heteroatoms. The van der Waals surface area contributed by atoms with E-state index in [2.05, 4.69) is 35.8 Å². The zero-order valence-corrected chi connectivity index (χ0v) is 14.6. The molecule has 4 atom stereocenters. The second-order valence-corrected chi connectivity index (χ2v) is 8.23. The number of hydrogen-bond acceptors (Lipinski definition) is 4. The number of rotatable bonds is 4. The zero-order chi connectivity index (χ0) is 14.7. The first kappa shape index (κ1) is 16.1. The van der Waals surface area contributed by atoms with E-state index in [4.69, 9.17) is 4.74 Å². The van der Waals surface area contributed by atoms with E-state index in [0.717, 1.165) is 25.2 Å². The molecule has 3 nitrogen and oxygen atoms in total. The van der Waals surface area contributed by atoms with Crippen LogP contribution in [0.3, 0.4) is 0 Å². The fourth-order valence-corrected chi connectivity index (χ4v) is 5.95. The Labute approximate surface area is 134 Å². The van der Waals surface area contributed by atoms with Crippen molar-refractivity contribution < 1.29 is 4.74 Å².